The summed E-state index contributed by atoms with van der Waals surface area (Å²) in [6.45, 7) is 2.04. The first-order valence-corrected chi connectivity index (χ1v) is 10.2. The zero-order chi connectivity index (χ0) is 20.9. The summed E-state index contributed by atoms with van der Waals surface area (Å²) in [5, 5.41) is 26.2. The Bertz CT molecular complexity index is 1030. The number of benzene rings is 2. The number of aliphatic hydroxyl groups is 2. The van der Waals surface area contributed by atoms with Crippen molar-refractivity contribution in [1.29, 1.82) is 0 Å². The normalized spacial score (nSPS) is 21.1. The maximum Gasteiger partial charge on any atom is 0.0854 e. The molecule has 0 radical (unpaired) electrons. The molecule has 1 aliphatic heterocycles. The fourth-order valence-corrected chi connectivity index (χ4v) is 3.79. The van der Waals surface area contributed by atoms with Crippen molar-refractivity contribution in [2.75, 3.05) is 6.61 Å². The highest BCUT2D eigenvalue weighted by Crippen LogP contribution is 2.32. The third kappa shape index (κ3) is 4.98. The predicted octanol–water partition coefficient (Wildman–Crippen LogP) is 3.28. The Morgan fingerprint density at radius 1 is 1.10 bits per heavy atom. The molecule has 2 aromatic carbocycles. The van der Waals surface area contributed by atoms with Crippen LogP contribution in [0.2, 0.25) is 0 Å². The van der Waals surface area contributed by atoms with E-state index in [4.69, 9.17) is 4.74 Å². The van der Waals surface area contributed by atoms with Gasteiger partial charge in [0.2, 0.25) is 0 Å². The average Bonchev–Trinajstić information content (AvgIpc) is 3.28. The topological polar surface area (TPSA) is 78.4 Å². The number of nitrogens with zero attached hydrogens (tertiary/aromatic N) is 1. The molecule has 1 aliphatic rings. The molecule has 5 nitrogen and oxygen atoms in total. The highest BCUT2D eigenvalue weighted by Gasteiger charge is 2.29. The molecule has 2 heterocycles. The number of aliphatic hydroxyl groups excluding tert-OH is 2. The summed E-state index contributed by atoms with van der Waals surface area (Å²) in [7, 11) is 0. The zero-order valence-corrected chi connectivity index (χ0v) is 17.0. The van der Waals surface area contributed by atoms with Crippen LogP contribution in [0, 0.1) is 18.8 Å². The lowest BCUT2D eigenvalue weighted by Gasteiger charge is -2.32. The van der Waals surface area contributed by atoms with E-state index >= 15 is 0 Å². The molecule has 0 amide bonds. The van der Waals surface area contributed by atoms with Crippen molar-refractivity contribution in [2.24, 2.45) is 0 Å². The molecule has 3 N–H and O–H groups in total. The van der Waals surface area contributed by atoms with Crippen LogP contribution in [0.4, 0.5) is 0 Å². The summed E-state index contributed by atoms with van der Waals surface area (Å²) in [6, 6.07) is 14.6. The number of aromatic nitrogens is 2. The number of hydrogen-bond acceptors (Lipinski definition) is 4. The standard InChI is InChI=1S/C25H26N2O3/c1-17-2-9-21(25-13-23(29)12-24(16-28)30-25)11-22(17)10-19-6-3-18(4-7-19)5-8-20-14-26-27-15-20/h2-4,6-7,9,11,14-15,23-25,28-29H,10,12-13,16H2,1H3,(H,26,27)/t23?,24-,25+/m0/s1. The fourth-order valence-electron chi connectivity index (χ4n) is 3.79. The van der Waals surface area contributed by atoms with Crippen molar-refractivity contribution in [1.82, 2.24) is 10.2 Å². The number of rotatable bonds is 4. The van der Waals surface area contributed by atoms with E-state index in [9.17, 15) is 10.2 Å². The van der Waals surface area contributed by atoms with Gasteiger partial charge in [0.1, 0.15) is 0 Å². The van der Waals surface area contributed by atoms with E-state index < -0.39 is 6.10 Å². The fraction of sp³-hybridized carbons (Fsp3) is 0.320. The number of hydrogen-bond donors (Lipinski definition) is 3. The zero-order valence-electron chi connectivity index (χ0n) is 17.0. The molecule has 1 aromatic heterocycles. The Morgan fingerprint density at radius 3 is 2.63 bits per heavy atom. The van der Waals surface area contributed by atoms with Gasteiger partial charge in [-0.3, -0.25) is 5.10 Å². The van der Waals surface area contributed by atoms with Crippen LogP contribution in [0.15, 0.2) is 54.9 Å². The summed E-state index contributed by atoms with van der Waals surface area (Å²) in [5.74, 6) is 6.22. The van der Waals surface area contributed by atoms with Gasteiger partial charge in [0.25, 0.3) is 0 Å². The predicted molar refractivity (Wildman–Crippen MR) is 115 cm³/mol. The largest absolute Gasteiger partial charge is 0.394 e. The van der Waals surface area contributed by atoms with E-state index in [1.807, 2.05) is 12.1 Å². The molecule has 0 bridgehead atoms. The molecule has 3 atom stereocenters. The third-order valence-corrected chi connectivity index (χ3v) is 5.52. The van der Waals surface area contributed by atoms with Gasteiger partial charge in [0, 0.05) is 24.6 Å². The minimum absolute atomic E-state index is 0.0673. The SMILES string of the molecule is Cc1ccc([C@H]2CC(O)C[C@@H](CO)O2)cc1Cc1ccc(C#Cc2cn[nH]c2)cc1. The number of ether oxygens (including phenoxy) is 1. The molecule has 0 spiro atoms. The van der Waals surface area contributed by atoms with Gasteiger partial charge in [-0.2, -0.15) is 5.10 Å². The highest BCUT2D eigenvalue weighted by molar-refractivity contribution is 5.43. The van der Waals surface area contributed by atoms with E-state index in [-0.39, 0.29) is 18.8 Å². The molecule has 1 fully saturated rings. The van der Waals surface area contributed by atoms with Gasteiger partial charge in [-0.15, -0.1) is 0 Å². The van der Waals surface area contributed by atoms with Gasteiger partial charge in [-0.05, 0) is 47.7 Å². The van der Waals surface area contributed by atoms with Gasteiger partial charge >= 0.3 is 0 Å². The number of aryl methyl sites for hydroxylation is 1. The summed E-state index contributed by atoms with van der Waals surface area (Å²) < 4.78 is 5.98. The molecule has 5 heteroatoms. The summed E-state index contributed by atoms with van der Waals surface area (Å²) in [5.41, 5.74) is 6.54. The molecule has 30 heavy (non-hydrogen) atoms. The van der Waals surface area contributed by atoms with Gasteiger partial charge in [0.05, 0.1) is 36.7 Å². The van der Waals surface area contributed by atoms with Crippen LogP contribution in [0.1, 0.15) is 52.3 Å². The van der Waals surface area contributed by atoms with Crippen LogP contribution in [0.5, 0.6) is 0 Å². The van der Waals surface area contributed by atoms with Crippen molar-refractivity contribution in [3.8, 4) is 11.8 Å². The second-order valence-corrected chi connectivity index (χ2v) is 7.85. The van der Waals surface area contributed by atoms with Crippen LogP contribution in [0.25, 0.3) is 0 Å². The Kier molecular flexibility index (Phi) is 6.29. The minimum Gasteiger partial charge on any atom is -0.394 e. The number of H-pyrrole nitrogens is 1. The lowest BCUT2D eigenvalue weighted by Crippen LogP contribution is -2.33. The van der Waals surface area contributed by atoms with Gasteiger partial charge in [-0.25, -0.2) is 0 Å². The maximum atomic E-state index is 10.1. The second-order valence-electron chi connectivity index (χ2n) is 7.85. The first-order valence-electron chi connectivity index (χ1n) is 10.2. The molecule has 0 aliphatic carbocycles. The Hall–Kier alpha value is -2.91. The van der Waals surface area contributed by atoms with Crippen LogP contribution < -0.4 is 0 Å². The van der Waals surface area contributed by atoms with E-state index in [2.05, 4.69) is 59.3 Å². The van der Waals surface area contributed by atoms with Gasteiger partial charge < -0.3 is 14.9 Å². The second kappa shape index (κ2) is 9.27. The maximum absolute atomic E-state index is 10.1. The van der Waals surface area contributed by atoms with E-state index in [1.165, 1.54) is 16.7 Å². The van der Waals surface area contributed by atoms with Gasteiger partial charge in [-0.1, -0.05) is 42.2 Å². The molecule has 4 rings (SSSR count). The molecule has 154 valence electrons. The molecular weight excluding hydrogens is 376 g/mol. The van der Waals surface area contributed by atoms with Crippen molar-refractivity contribution < 1.29 is 14.9 Å². The molecule has 3 aromatic rings. The Morgan fingerprint density at radius 2 is 1.90 bits per heavy atom. The Balaban J connectivity index is 1.48. The summed E-state index contributed by atoms with van der Waals surface area (Å²) >= 11 is 0. The van der Waals surface area contributed by atoms with Crippen molar-refractivity contribution in [3.63, 3.8) is 0 Å². The highest BCUT2D eigenvalue weighted by atomic mass is 16.5. The van der Waals surface area contributed by atoms with Crippen LogP contribution in [-0.4, -0.2) is 39.2 Å². The first-order chi connectivity index (χ1) is 14.6. The van der Waals surface area contributed by atoms with Crippen LogP contribution in [0.3, 0.4) is 0 Å². The average molecular weight is 402 g/mol. The lowest BCUT2D eigenvalue weighted by atomic mass is 9.92. The summed E-state index contributed by atoms with van der Waals surface area (Å²) in [4.78, 5) is 0. The molecular formula is C25H26N2O3. The van der Waals surface area contributed by atoms with Crippen LogP contribution >= 0.6 is 0 Å². The monoisotopic (exact) mass is 402 g/mol. The first kappa shape index (κ1) is 20.4. The van der Waals surface area contributed by atoms with Crippen molar-refractivity contribution >= 4 is 0 Å². The van der Waals surface area contributed by atoms with E-state index in [0.29, 0.717) is 12.8 Å². The quantitative estimate of drug-likeness (QED) is 0.585. The van der Waals surface area contributed by atoms with Gasteiger partial charge in [0.15, 0.2) is 0 Å². The van der Waals surface area contributed by atoms with E-state index in [1.54, 1.807) is 12.4 Å². The smallest absolute Gasteiger partial charge is 0.0854 e. The van der Waals surface area contributed by atoms with E-state index in [0.717, 1.165) is 23.1 Å². The Labute approximate surface area is 176 Å². The van der Waals surface area contributed by atoms with Crippen LogP contribution in [-0.2, 0) is 11.2 Å². The van der Waals surface area contributed by atoms with Crippen molar-refractivity contribution in [2.45, 2.75) is 44.5 Å². The minimum atomic E-state index is -0.443. The molecule has 0 saturated carbocycles. The third-order valence-electron chi connectivity index (χ3n) is 5.52. The lowest BCUT2D eigenvalue weighted by molar-refractivity contribution is -0.113. The molecule has 1 unspecified atom stereocenters. The molecule has 1 saturated heterocycles. The van der Waals surface area contributed by atoms with Crippen molar-refractivity contribution in [3.05, 3.63) is 88.2 Å². The number of nitrogens with one attached hydrogen (secondary N) is 1. The number of aromatic amines is 1. The summed E-state index contributed by atoms with van der Waals surface area (Å²) in [6.07, 6.45) is 4.40.